The standard InChI is InChI=1S/C9H22O2Si/c1-3-10-9(11-4-2)7-5-6-8-12/h9H,3-8H2,1-2,12H3. The van der Waals surface area contributed by atoms with E-state index >= 15 is 0 Å². The average Bonchev–Trinajstić information content (AvgIpc) is 2.06. The van der Waals surface area contributed by atoms with Gasteiger partial charge in [0.2, 0.25) is 0 Å². The maximum atomic E-state index is 5.42. The summed E-state index contributed by atoms with van der Waals surface area (Å²) in [6.07, 6.45) is 3.69. The largest absolute Gasteiger partial charge is 0.353 e. The number of unbranched alkanes of at least 4 members (excludes halogenated alkanes) is 1. The highest BCUT2D eigenvalue weighted by atomic mass is 28.1. The first kappa shape index (κ1) is 12.1. The Kier molecular flexibility index (Phi) is 9.33. The van der Waals surface area contributed by atoms with Crippen LogP contribution in [0, 0.1) is 0 Å². The monoisotopic (exact) mass is 190 g/mol. The number of ether oxygens (including phenoxy) is 2. The zero-order valence-corrected chi connectivity index (χ0v) is 10.6. The highest BCUT2D eigenvalue weighted by Crippen LogP contribution is 2.07. The van der Waals surface area contributed by atoms with E-state index in [4.69, 9.17) is 9.47 Å². The molecular formula is C9H22O2Si. The molecule has 0 aromatic rings. The smallest absolute Gasteiger partial charge is 0.157 e. The van der Waals surface area contributed by atoms with Crippen molar-refractivity contribution < 1.29 is 9.47 Å². The van der Waals surface area contributed by atoms with Crippen molar-refractivity contribution in [2.24, 2.45) is 0 Å². The van der Waals surface area contributed by atoms with Crippen molar-refractivity contribution in [1.29, 1.82) is 0 Å². The van der Waals surface area contributed by atoms with Crippen LogP contribution in [0.2, 0.25) is 6.04 Å². The molecule has 0 aromatic heterocycles. The molecule has 0 aliphatic heterocycles. The fourth-order valence-corrected chi connectivity index (χ4v) is 1.65. The molecule has 0 radical (unpaired) electrons. The molecule has 0 aromatic carbocycles. The van der Waals surface area contributed by atoms with Crippen LogP contribution in [0.3, 0.4) is 0 Å². The summed E-state index contributed by atoms with van der Waals surface area (Å²) in [6.45, 7) is 5.54. The first-order valence-corrected chi connectivity index (χ1v) is 6.49. The van der Waals surface area contributed by atoms with E-state index in [0.717, 1.165) is 19.6 Å². The number of hydrogen-bond acceptors (Lipinski definition) is 2. The van der Waals surface area contributed by atoms with E-state index in [1.165, 1.54) is 29.1 Å². The molecule has 0 rings (SSSR count). The average molecular weight is 190 g/mol. The van der Waals surface area contributed by atoms with Gasteiger partial charge in [-0.05, 0) is 26.7 Å². The molecule has 3 heteroatoms. The summed E-state index contributed by atoms with van der Waals surface area (Å²) in [5, 5.41) is 0. The molecule has 0 unspecified atom stereocenters. The molecule has 0 aliphatic carbocycles. The van der Waals surface area contributed by atoms with Gasteiger partial charge < -0.3 is 9.47 Å². The van der Waals surface area contributed by atoms with Gasteiger partial charge in [-0.15, -0.1) is 0 Å². The lowest BCUT2D eigenvalue weighted by Gasteiger charge is -2.16. The van der Waals surface area contributed by atoms with Gasteiger partial charge in [0.1, 0.15) is 0 Å². The maximum absolute atomic E-state index is 5.42. The zero-order valence-electron chi connectivity index (χ0n) is 8.64. The predicted octanol–water partition coefficient (Wildman–Crippen LogP) is 1.34. The van der Waals surface area contributed by atoms with Gasteiger partial charge in [-0.25, -0.2) is 0 Å². The Balaban J connectivity index is 3.34. The van der Waals surface area contributed by atoms with Gasteiger partial charge in [0.25, 0.3) is 0 Å². The Morgan fingerprint density at radius 2 is 1.67 bits per heavy atom. The normalized spacial score (nSPS) is 11.2. The second kappa shape index (κ2) is 9.23. The van der Waals surface area contributed by atoms with Crippen LogP contribution in [0.4, 0.5) is 0 Å². The van der Waals surface area contributed by atoms with Crippen molar-refractivity contribution in [2.45, 2.75) is 45.4 Å². The molecule has 0 aliphatic rings. The predicted molar refractivity (Wildman–Crippen MR) is 55.6 cm³/mol. The van der Waals surface area contributed by atoms with Gasteiger partial charge >= 0.3 is 0 Å². The molecule has 0 heterocycles. The lowest BCUT2D eigenvalue weighted by Crippen LogP contribution is -2.17. The summed E-state index contributed by atoms with van der Waals surface area (Å²) >= 11 is 0. The van der Waals surface area contributed by atoms with Crippen LogP contribution < -0.4 is 0 Å². The molecule has 0 saturated heterocycles. The van der Waals surface area contributed by atoms with Crippen LogP contribution in [0.1, 0.15) is 33.1 Å². The van der Waals surface area contributed by atoms with E-state index in [-0.39, 0.29) is 6.29 Å². The highest BCUT2D eigenvalue weighted by Gasteiger charge is 2.05. The van der Waals surface area contributed by atoms with E-state index in [1.54, 1.807) is 0 Å². The molecule has 12 heavy (non-hydrogen) atoms. The Bertz CT molecular complexity index is 82.6. The summed E-state index contributed by atoms with van der Waals surface area (Å²) < 4.78 is 10.8. The minimum Gasteiger partial charge on any atom is -0.353 e. The molecule has 0 amide bonds. The van der Waals surface area contributed by atoms with E-state index in [0.29, 0.717) is 0 Å². The van der Waals surface area contributed by atoms with Crippen molar-refractivity contribution >= 4 is 10.2 Å². The van der Waals surface area contributed by atoms with Crippen LogP contribution in [0.5, 0.6) is 0 Å². The second-order valence-electron chi connectivity index (χ2n) is 2.84. The van der Waals surface area contributed by atoms with Crippen molar-refractivity contribution in [3.05, 3.63) is 0 Å². The van der Waals surface area contributed by atoms with Crippen molar-refractivity contribution in [3.63, 3.8) is 0 Å². The first-order valence-electron chi connectivity index (χ1n) is 5.08. The number of hydrogen-bond donors (Lipinski definition) is 0. The second-order valence-corrected chi connectivity index (χ2v) is 3.84. The summed E-state index contributed by atoms with van der Waals surface area (Å²) in [5.74, 6) is 0. The van der Waals surface area contributed by atoms with Gasteiger partial charge in [0.15, 0.2) is 6.29 Å². The fraction of sp³-hybridized carbons (Fsp3) is 1.00. The third kappa shape index (κ3) is 6.82. The van der Waals surface area contributed by atoms with Gasteiger partial charge in [0.05, 0.1) is 0 Å². The molecule has 0 saturated carbocycles. The van der Waals surface area contributed by atoms with Crippen LogP contribution in [-0.2, 0) is 9.47 Å². The summed E-state index contributed by atoms with van der Waals surface area (Å²) in [7, 11) is 1.32. The fourth-order valence-electron chi connectivity index (χ4n) is 1.15. The maximum Gasteiger partial charge on any atom is 0.157 e. The molecule has 0 N–H and O–H groups in total. The van der Waals surface area contributed by atoms with Crippen LogP contribution in [-0.4, -0.2) is 29.7 Å². The quantitative estimate of drug-likeness (QED) is 0.327. The van der Waals surface area contributed by atoms with Crippen molar-refractivity contribution in [2.75, 3.05) is 13.2 Å². The molecule has 2 nitrogen and oxygen atoms in total. The van der Waals surface area contributed by atoms with Crippen molar-refractivity contribution in [3.8, 4) is 0 Å². The summed E-state index contributed by atoms with van der Waals surface area (Å²) in [5.41, 5.74) is 0. The Morgan fingerprint density at radius 3 is 2.08 bits per heavy atom. The first-order chi connectivity index (χ1) is 5.85. The minimum atomic E-state index is 0.0493. The molecule has 0 spiro atoms. The van der Waals surface area contributed by atoms with Gasteiger partial charge in [-0.3, -0.25) is 0 Å². The topological polar surface area (TPSA) is 18.5 Å². The Morgan fingerprint density at radius 1 is 1.08 bits per heavy atom. The van der Waals surface area contributed by atoms with Crippen LogP contribution in [0.15, 0.2) is 0 Å². The summed E-state index contributed by atoms with van der Waals surface area (Å²) in [4.78, 5) is 0. The van der Waals surface area contributed by atoms with Gasteiger partial charge in [-0.2, -0.15) is 0 Å². The van der Waals surface area contributed by atoms with E-state index in [2.05, 4.69) is 0 Å². The molecule has 0 atom stereocenters. The third-order valence-electron chi connectivity index (χ3n) is 1.75. The lowest BCUT2D eigenvalue weighted by atomic mass is 10.2. The van der Waals surface area contributed by atoms with Crippen LogP contribution in [0.25, 0.3) is 0 Å². The Hall–Kier alpha value is 0.137. The third-order valence-corrected chi connectivity index (χ3v) is 2.46. The molecule has 0 fully saturated rings. The van der Waals surface area contributed by atoms with E-state index in [1.807, 2.05) is 13.8 Å². The van der Waals surface area contributed by atoms with Gasteiger partial charge in [-0.1, -0.05) is 12.5 Å². The molecule has 0 bridgehead atoms. The van der Waals surface area contributed by atoms with E-state index < -0.39 is 0 Å². The lowest BCUT2D eigenvalue weighted by molar-refractivity contribution is -0.140. The minimum absolute atomic E-state index is 0.0493. The zero-order chi connectivity index (χ0) is 9.23. The SMILES string of the molecule is CCOC(CCCC[SiH3])OCC. The highest BCUT2D eigenvalue weighted by molar-refractivity contribution is 6.08. The van der Waals surface area contributed by atoms with E-state index in [9.17, 15) is 0 Å². The van der Waals surface area contributed by atoms with Gasteiger partial charge in [0, 0.05) is 23.5 Å². The molecular weight excluding hydrogens is 168 g/mol. The molecule has 74 valence electrons. The summed E-state index contributed by atoms with van der Waals surface area (Å²) in [6, 6.07) is 1.39. The van der Waals surface area contributed by atoms with Crippen LogP contribution >= 0.6 is 0 Å². The Labute approximate surface area is 79.1 Å². The number of rotatable bonds is 8. The van der Waals surface area contributed by atoms with Crippen molar-refractivity contribution in [1.82, 2.24) is 0 Å².